The van der Waals surface area contributed by atoms with E-state index < -0.39 is 24.0 Å². The van der Waals surface area contributed by atoms with Crippen molar-refractivity contribution in [3.63, 3.8) is 0 Å². The van der Waals surface area contributed by atoms with Gasteiger partial charge < -0.3 is 15.6 Å². The SMILES string of the molecule is CC(C)c1cc(C(=O)O[C@H](C)C(=O)NC(N)=O)c(O)c(C(C)C)c1. The number of phenolic OH excluding ortho intramolecular Hbond substituents is 1. The molecule has 24 heavy (non-hydrogen) atoms. The summed E-state index contributed by atoms with van der Waals surface area (Å²) in [4.78, 5) is 34.6. The predicted octanol–water partition coefficient (Wildman–Crippen LogP) is 2.38. The minimum Gasteiger partial charge on any atom is -0.507 e. The number of carbonyl (C=O) groups is 3. The molecular weight excluding hydrogens is 312 g/mol. The van der Waals surface area contributed by atoms with Crippen molar-refractivity contribution in [2.75, 3.05) is 0 Å². The van der Waals surface area contributed by atoms with E-state index in [1.807, 2.05) is 39.1 Å². The molecule has 132 valence electrons. The summed E-state index contributed by atoms with van der Waals surface area (Å²) in [7, 11) is 0. The summed E-state index contributed by atoms with van der Waals surface area (Å²) in [6, 6.07) is 2.37. The normalized spacial score (nSPS) is 12.1. The molecule has 3 amide bonds. The summed E-state index contributed by atoms with van der Waals surface area (Å²) < 4.78 is 5.03. The number of imide groups is 1. The van der Waals surface area contributed by atoms with Crippen molar-refractivity contribution in [2.45, 2.75) is 52.6 Å². The van der Waals surface area contributed by atoms with Gasteiger partial charge in [0.1, 0.15) is 11.3 Å². The smallest absolute Gasteiger partial charge is 0.342 e. The number of hydrogen-bond acceptors (Lipinski definition) is 5. The van der Waals surface area contributed by atoms with Gasteiger partial charge in [-0.2, -0.15) is 0 Å². The number of aromatic hydroxyl groups is 1. The van der Waals surface area contributed by atoms with E-state index in [4.69, 9.17) is 10.5 Å². The molecular formula is C17H24N2O5. The first-order chi connectivity index (χ1) is 11.0. The molecule has 0 aliphatic carbocycles. The number of hydrogen-bond donors (Lipinski definition) is 3. The molecule has 0 spiro atoms. The molecule has 7 nitrogen and oxygen atoms in total. The molecule has 0 unspecified atom stereocenters. The second kappa shape index (κ2) is 7.81. The van der Waals surface area contributed by atoms with Gasteiger partial charge in [-0.15, -0.1) is 0 Å². The molecule has 0 saturated heterocycles. The summed E-state index contributed by atoms with van der Waals surface area (Å²) in [5.74, 6) is -1.69. The van der Waals surface area contributed by atoms with Crippen molar-refractivity contribution in [1.82, 2.24) is 5.32 Å². The number of esters is 1. The van der Waals surface area contributed by atoms with Crippen molar-refractivity contribution >= 4 is 17.9 Å². The number of nitrogens with one attached hydrogen (secondary N) is 1. The maximum absolute atomic E-state index is 12.3. The number of amides is 3. The molecule has 0 radical (unpaired) electrons. The Morgan fingerprint density at radius 3 is 2.12 bits per heavy atom. The standard InChI is InChI=1S/C17H24N2O5/c1-8(2)11-6-12(9(3)4)14(20)13(7-11)16(22)24-10(5)15(21)19-17(18)23/h6-10,20H,1-5H3,(H3,18,19,21,23)/t10-/m1/s1. The lowest BCUT2D eigenvalue weighted by molar-refractivity contribution is -0.127. The summed E-state index contributed by atoms with van der Waals surface area (Å²) in [6.07, 6.45) is -1.23. The van der Waals surface area contributed by atoms with Gasteiger partial charge in [0.05, 0.1) is 0 Å². The molecule has 1 aromatic rings. The van der Waals surface area contributed by atoms with Crippen molar-refractivity contribution in [1.29, 1.82) is 0 Å². The predicted molar refractivity (Wildman–Crippen MR) is 88.9 cm³/mol. The maximum Gasteiger partial charge on any atom is 0.342 e. The third-order valence-corrected chi connectivity index (χ3v) is 3.57. The van der Waals surface area contributed by atoms with Crippen molar-refractivity contribution in [3.8, 4) is 5.75 Å². The molecule has 1 atom stereocenters. The maximum atomic E-state index is 12.3. The highest BCUT2D eigenvalue weighted by Gasteiger charge is 2.24. The fraction of sp³-hybridized carbons (Fsp3) is 0.471. The Morgan fingerprint density at radius 2 is 1.67 bits per heavy atom. The molecule has 1 rings (SSSR count). The number of phenols is 1. The van der Waals surface area contributed by atoms with E-state index in [0.717, 1.165) is 5.56 Å². The van der Waals surface area contributed by atoms with Gasteiger partial charge >= 0.3 is 12.0 Å². The highest BCUT2D eigenvalue weighted by atomic mass is 16.5. The van der Waals surface area contributed by atoms with Gasteiger partial charge in [0, 0.05) is 0 Å². The average molecular weight is 336 g/mol. The Bertz CT molecular complexity index is 653. The molecule has 0 bridgehead atoms. The molecule has 1 aromatic carbocycles. The van der Waals surface area contributed by atoms with Crippen LogP contribution in [0, 0.1) is 0 Å². The number of primary amides is 1. The van der Waals surface area contributed by atoms with Crippen LogP contribution in [0.15, 0.2) is 12.1 Å². The summed E-state index contributed by atoms with van der Waals surface area (Å²) in [6.45, 7) is 9.04. The van der Waals surface area contributed by atoms with E-state index in [1.54, 1.807) is 6.07 Å². The summed E-state index contributed by atoms with van der Waals surface area (Å²) in [5.41, 5.74) is 6.34. The van der Waals surface area contributed by atoms with E-state index in [0.29, 0.717) is 5.56 Å². The minimum atomic E-state index is -1.23. The Kier molecular flexibility index (Phi) is 6.34. The fourth-order valence-corrected chi connectivity index (χ4v) is 2.11. The second-order valence-corrected chi connectivity index (χ2v) is 6.22. The third-order valence-electron chi connectivity index (χ3n) is 3.57. The van der Waals surface area contributed by atoms with Crippen LogP contribution >= 0.6 is 0 Å². The molecule has 0 aliphatic heterocycles. The molecule has 0 aromatic heterocycles. The number of urea groups is 1. The van der Waals surface area contributed by atoms with Crippen LogP contribution in [0.1, 0.15) is 67.9 Å². The minimum absolute atomic E-state index is 0.00540. The first-order valence-electron chi connectivity index (χ1n) is 7.72. The third kappa shape index (κ3) is 4.71. The van der Waals surface area contributed by atoms with Gasteiger partial charge in [-0.05, 0) is 36.0 Å². The van der Waals surface area contributed by atoms with Gasteiger partial charge in [-0.25, -0.2) is 9.59 Å². The zero-order chi connectivity index (χ0) is 18.6. The lowest BCUT2D eigenvalue weighted by atomic mass is 9.92. The lowest BCUT2D eigenvalue weighted by Crippen LogP contribution is -2.42. The van der Waals surface area contributed by atoms with Crippen LogP contribution in [0.2, 0.25) is 0 Å². The Balaban J connectivity index is 3.13. The second-order valence-electron chi connectivity index (χ2n) is 6.22. The van der Waals surface area contributed by atoms with Gasteiger partial charge in [0.2, 0.25) is 0 Å². The van der Waals surface area contributed by atoms with Gasteiger partial charge in [0.25, 0.3) is 5.91 Å². The highest BCUT2D eigenvalue weighted by Crippen LogP contribution is 2.33. The Hall–Kier alpha value is -2.57. The average Bonchev–Trinajstić information content (AvgIpc) is 2.45. The molecule has 4 N–H and O–H groups in total. The quantitative estimate of drug-likeness (QED) is 0.713. The monoisotopic (exact) mass is 336 g/mol. The van der Waals surface area contributed by atoms with Crippen molar-refractivity contribution in [3.05, 3.63) is 28.8 Å². The molecule has 0 aliphatic rings. The fourth-order valence-electron chi connectivity index (χ4n) is 2.11. The molecule has 0 saturated carbocycles. The van der Waals surface area contributed by atoms with Crippen molar-refractivity contribution in [2.24, 2.45) is 5.73 Å². The van der Waals surface area contributed by atoms with E-state index >= 15 is 0 Å². The lowest BCUT2D eigenvalue weighted by Gasteiger charge is -2.18. The Labute approximate surface area is 141 Å². The van der Waals surface area contributed by atoms with E-state index in [1.165, 1.54) is 6.92 Å². The van der Waals surface area contributed by atoms with Crippen LogP contribution in [0.25, 0.3) is 0 Å². The molecule has 0 heterocycles. The van der Waals surface area contributed by atoms with E-state index in [-0.39, 0.29) is 23.1 Å². The van der Waals surface area contributed by atoms with E-state index in [2.05, 4.69) is 0 Å². The summed E-state index contributed by atoms with van der Waals surface area (Å²) >= 11 is 0. The van der Waals surface area contributed by atoms with Crippen LogP contribution in [-0.4, -0.2) is 29.1 Å². The first-order valence-corrected chi connectivity index (χ1v) is 7.72. The zero-order valence-corrected chi connectivity index (χ0v) is 14.5. The first kappa shape index (κ1) is 19.5. The van der Waals surface area contributed by atoms with Gasteiger partial charge in [-0.1, -0.05) is 33.8 Å². The highest BCUT2D eigenvalue weighted by molar-refractivity contribution is 5.99. The van der Waals surface area contributed by atoms with Crippen LogP contribution < -0.4 is 11.1 Å². The molecule has 7 heteroatoms. The zero-order valence-electron chi connectivity index (χ0n) is 14.5. The van der Waals surface area contributed by atoms with Crippen LogP contribution in [0.3, 0.4) is 0 Å². The van der Waals surface area contributed by atoms with Crippen LogP contribution in [-0.2, 0) is 9.53 Å². The van der Waals surface area contributed by atoms with Crippen molar-refractivity contribution < 1.29 is 24.2 Å². The number of rotatable bonds is 5. The number of nitrogens with two attached hydrogens (primary N) is 1. The number of carbonyl (C=O) groups excluding carboxylic acids is 3. The summed E-state index contributed by atoms with van der Waals surface area (Å²) in [5, 5.41) is 12.2. The number of benzene rings is 1. The van der Waals surface area contributed by atoms with Gasteiger partial charge in [-0.3, -0.25) is 10.1 Å². The Morgan fingerprint density at radius 1 is 1.08 bits per heavy atom. The topological polar surface area (TPSA) is 119 Å². The van der Waals surface area contributed by atoms with Crippen LogP contribution in [0.4, 0.5) is 4.79 Å². The molecule has 0 fully saturated rings. The van der Waals surface area contributed by atoms with Gasteiger partial charge in [0.15, 0.2) is 6.10 Å². The van der Waals surface area contributed by atoms with E-state index in [9.17, 15) is 19.5 Å². The largest absolute Gasteiger partial charge is 0.507 e. The number of ether oxygens (including phenoxy) is 1. The van der Waals surface area contributed by atoms with Crippen LogP contribution in [0.5, 0.6) is 5.75 Å².